The molecule has 204 valence electrons. The number of nitrogens with two attached hydrogens (primary N) is 1. The van der Waals surface area contributed by atoms with Gasteiger partial charge in [0.15, 0.2) is 5.69 Å². The fraction of sp³-hybridized carbons (Fsp3) is 0.385. The number of pyridine rings is 1. The highest BCUT2D eigenvalue weighted by Crippen LogP contribution is 2.28. The van der Waals surface area contributed by atoms with Crippen molar-refractivity contribution in [2.24, 2.45) is 11.7 Å². The summed E-state index contributed by atoms with van der Waals surface area (Å²) in [7, 11) is 0. The van der Waals surface area contributed by atoms with Crippen molar-refractivity contribution in [3.8, 4) is 0 Å². The maximum absolute atomic E-state index is 13.3. The van der Waals surface area contributed by atoms with E-state index in [4.69, 9.17) is 17.3 Å². The van der Waals surface area contributed by atoms with Crippen LogP contribution in [0.2, 0.25) is 5.15 Å². The van der Waals surface area contributed by atoms with E-state index in [0.29, 0.717) is 22.4 Å². The maximum Gasteiger partial charge on any atom is 0.269 e. The van der Waals surface area contributed by atoms with E-state index in [9.17, 15) is 19.2 Å². The maximum atomic E-state index is 13.3. The third-order valence-electron chi connectivity index (χ3n) is 6.85. The van der Waals surface area contributed by atoms with E-state index in [0.717, 1.165) is 38.8 Å². The summed E-state index contributed by atoms with van der Waals surface area (Å²) in [6.07, 6.45) is 3.10. The number of halogens is 1. The van der Waals surface area contributed by atoms with Gasteiger partial charge in [0.1, 0.15) is 24.1 Å². The molecule has 5 N–H and O–H groups in total. The van der Waals surface area contributed by atoms with Crippen LogP contribution in [0.15, 0.2) is 36.4 Å². The number of anilines is 2. The number of rotatable bonds is 9. The zero-order chi connectivity index (χ0) is 27.5. The molecule has 12 nitrogen and oxygen atoms in total. The molecule has 2 aliphatic rings. The third-order valence-corrected chi connectivity index (χ3v) is 7.06. The van der Waals surface area contributed by atoms with Crippen molar-refractivity contribution in [1.29, 1.82) is 0 Å². The zero-order valence-electron chi connectivity index (χ0n) is 21.2. The van der Waals surface area contributed by atoms with Gasteiger partial charge in [0.25, 0.3) is 5.91 Å². The quantitative estimate of drug-likeness (QED) is 0.294. The second-order valence-corrected chi connectivity index (χ2v) is 10.1. The largest absolute Gasteiger partial charge is 0.364 e. The summed E-state index contributed by atoms with van der Waals surface area (Å²) in [4.78, 5) is 56.4. The Morgan fingerprint density at radius 1 is 1.08 bits per heavy atom. The molecular formula is C26H29ClN8O4. The fourth-order valence-corrected chi connectivity index (χ4v) is 4.89. The molecule has 3 heterocycles. The Balaban J connectivity index is 1.31. The molecule has 0 atom stereocenters. The van der Waals surface area contributed by atoms with Crippen LogP contribution in [0.1, 0.15) is 36.2 Å². The summed E-state index contributed by atoms with van der Waals surface area (Å²) < 4.78 is 1.40. The molecule has 2 fully saturated rings. The van der Waals surface area contributed by atoms with Crippen molar-refractivity contribution < 1.29 is 19.2 Å². The first-order valence-corrected chi connectivity index (χ1v) is 13.2. The van der Waals surface area contributed by atoms with E-state index in [1.165, 1.54) is 9.58 Å². The number of nitrogens with zero attached hydrogens (tertiary/aromatic N) is 4. The molecule has 0 bridgehead atoms. The monoisotopic (exact) mass is 552 g/mol. The average Bonchev–Trinajstić information content (AvgIpc) is 3.69. The Bertz CT molecular complexity index is 1430. The predicted molar refractivity (Wildman–Crippen MR) is 145 cm³/mol. The first-order chi connectivity index (χ1) is 18.8. The first kappa shape index (κ1) is 26.6. The van der Waals surface area contributed by atoms with Crippen molar-refractivity contribution in [2.75, 3.05) is 30.3 Å². The number of amides is 4. The second kappa shape index (κ2) is 11.4. The number of piperidine rings is 1. The van der Waals surface area contributed by atoms with Crippen LogP contribution in [-0.2, 0) is 20.9 Å². The Labute approximate surface area is 229 Å². The molecule has 5 rings (SSSR count). The van der Waals surface area contributed by atoms with Crippen molar-refractivity contribution in [2.45, 2.75) is 38.3 Å². The van der Waals surface area contributed by atoms with Gasteiger partial charge in [-0.2, -0.15) is 5.10 Å². The summed E-state index contributed by atoms with van der Waals surface area (Å²) in [6, 6.07) is 9.86. The molecule has 0 spiro atoms. The number of fused-ring (bicyclic) bond motifs is 1. The number of carbonyl (C=O) groups excluding carboxylic acids is 4. The van der Waals surface area contributed by atoms with Crippen molar-refractivity contribution in [3.63, 3.8) is 0 Å². The summed E-state index contributed by atoms with van der Waals surface area (Å²) in [5.74, 6) is -1.34. The van der Waals surface area contributed by atoms with Crippen molar-refractivity contribution in [1.82, 2.24) is 25.0 Å². The summed E-state index contributed by atoms with van der Waals surface area (Å²) >= 11 is 5.88. The number of hydrogen-bond donors (Lipinski definition) is 4. The minimum atomic E-state index is -0.750. The molecule has 39 heavy (non-hydrogen) atoms. The molecule has 2 aromatic heterocycles. The van der Waals surface area contributed by atoms with Gasteiger partial charge in [0.2, 0.25) is 17.7 Å². The standard InChI is InChI=1S/C26H29ClN8O4/c27-20-2-1-3-21(31-20)32-22(36)13-34(17-5-6-17)23(37)14-35-19-7-4-16(12-18(19)24(33-35)25(28)38)30-26(39)15-8-10-29-11-9-15/h1-4,7,12,15,17,29H,5-6,8-11,13-14H2,(H2,28,38)(H,30,39)(H,31,32,36). The summed E-state index contributed by atoms with van der Waals surface area (Å²) in [5, 5.41) is 13.8. The molecular weight excluding hydrogens is 524 g/mol. The number of hydrogen-bond acceptors (Lipinski definition) is 7. The number of carbonyl (C=O) groups is 4. The lowest BCUT2D eigenvalue weighted by Gasteiger charge is -2.22. The van der Waals surface area contributed by atoms with E-state index in [1.54, 1.807) is 36.4 Å². The van der Waals surface area contributed by atoms with Gasteiger partial charge < -0.3 is 26.6 Å². The molecule has 1 saturated carbocycles. The first-order valence-electron chi connectivity index (χ1n) is 12.8. The zero-order valence-corrected chi connectivity index (χ0v) is 21.9. The molecule has 4 amide bonds. The number of benzene rings is 1. The Morgan fingerprint density at radius 2 is 1.85 bits per heavy atom. The van der Waals surface area contributed by atoms with Gasteiger partial charge in [-0.15, -0.1) is 0 Å². The molecule has 0 radical (unpaired) electrons. The lowest BCUT2D eigenvalue weighted by Crippen LogP contribution is -2.41. The van der Waals surface area contributed by atoms with Gasteiger partial charge in [-0.05, 0) is 69.1 Å². The van der Waals surface area contributed by atoms with Crippen LogP contribution < -0.4 is 21.7 Å². The predicted octanol–water partition coefficient (Wildman–Crippen LogP) is 1.75. The molecule has 1 saturated heterocycles. The number of nitrogens with one attached hydrogen (secondary N) is 3. The van der Waals surface area contributed by atoms with Crippen LogP contribution in [0.25, 0.3) is 10.9 Å². The Kier molecular flexibility index (Phi) is 7.75. The number of aromatic nitrogens is 3. The van der Waals surface area contributed by atoms with Crippen LogP contribution in [0.4, 0.5) is 11.5 Å². The normalized spacial score (nSPS) is 15.6. The van der Waals surface area contributed by atoms with Gasteiger partial charge >= 0.3 is 0 Å². The average molecular weight is 553 g/mol. The van der Waals surface area contributed by atoms with Crippen molar-refractivity contribution in [3.05, 3.63) is 47.2 Å². The lowest BCUT2D eigenvalue weighted by atomic mass is 9.97. The minimum Gasteiger partial charge on any atom is -0.364 e. The van der Waals surface area contributed by atoms with Gasteiger partial charge in [-0.1, -0.05) is 17.7 Å². The van der Waals surface area contributed by atoms with E-state index in [1.807, 2.05) is 0 Å². The lowest BCUT2D eigenvalue weighted by molar-refractivity contribution is -0.135. The van der Waals surface area contributed by atoms with Gasteiger partial charge in [-0.3, -0.25) is 23.9 Å². The Hall–Kier alpha value is -4.03. The highest BCUT2D eigenvalue weighted by Gasteiger charge is 2.34. The summed E-state index contributed by atoms with van der Waals surface area (Å²) in [6.45, 7) is 1.23. The number of primary amides is 1. The molecule has 13 heteroatoms. The summed E-state index contributed by atoms with van der Waals surface area (Å²) in [5.41, 5.74) is 6.62. The van der Waals surface area contributed by atoms with Crippen LogP contribution in [0.3, 0.4) is 0 Å². The van der Waals surface area contributed by atoms with E-state index in [2.05, 4.69) is 26.0 Å². The molecule has 3 aromatic rings. The molecule has 1 aliphatic carbocycles. The molecule has 0 unspecified atom stereocenters. The fourth-order valence-electron chi connectivity index (χ4n) is 4.73. The third kappa shape index (κ3) is 6.35. The van der Waals surface area contributed by atoms with Crippen LogP contribution >= 0.6 is 11.6 Å². The van der Waals surface area contributed by atoms with Gasteiger partial charge in [0.05, 0.1) is 5.52 Å². The van der Waals surface area contributed by atoms with Gasteiger partial charge in [0, 0.05) is 23.0 Å². The molecule has 1 aromatic carbocycles. The van der Waals surface area contributed by atoms with Crippen LogP contribution in [-0.4, -0.2) is 69.0 Å². The Morgan fingerprint density at radius 3 is 2.54 bits per heavy atom. The highest BCUT2D eigenvalue weighted by atomic mass is 35.5. The molecule has 1 aliphatic heterocycles. The SMILES string of the molecule is NC(=O)c1nn(CC(=O)N(CC(=O)Nc2cccc(Cl)n2)C2CC2)c2ccc(NC(=O)C3CCNCC3)cc12. The van der Waals surface area contributed by atoms with E-state index in [-0.39, 0.29) is 47.7 Å². The highest BCUT2D eigenvalue weighted by molar-refractivity contribution is 6.29. The van der Waals surface area contributed by atoms with Gasteiger partial charge in [-0.25, -0.2) is 4.98 Å². The van der Waals surface area contributed by atoms with Crippen molar-refractivity contribution >= 4 is 57.6 Å². The minimum absolute atomic E-state index is 0.00138. The van der Waals surface area contributed by atoms with E-state index >= 15 is 0 Å². The van der Waals surface area contributed by atoms with E-state index < -0.39 is 11.8 Å². The van der Waals surface area contributed by atoms with Crippen LogP contribution in [0.5, 0.6) is 0 Å². The smallest absolute Gasteiger partial charge is 0.269 e. The second-order valence-electron chi connectivity index (χ2n) is 9.76. The topological polar surface area (TPSA) is 164 Å². The van der Waals surface area contributed by atoms with Crippen LogP contribution in [0, 0.1) is 5.92 Å².